The number of nitrogens with one attached hydrogen (secondary N) is 2. The molecule has 2 aromatic heterocycles. The van der Waals surface area contributed by atoms with E-state index in [0.717, 1.165) is 6.07 Å². The quantitative estimate of drug-likeness (QED) is 0.824. The Labute approximate surface area is 123 Å². The first-order chi connectivity index (χ1) is 10.5. The van der Waals surface area contributed by atoms with Gasteiger partial charge in [0.05, 0.1) is 12.8 Å². The first-order valence-electron chi connectivity index (χ1n) is 5.98. The maximum Gasteiger partial charge on any atom is 0.388 e. The van der Waals surface area contributed by atoms with E-state index in [4.69, 9.17) is 0 Å². The fourth-order valence-electron chi connectivity index (χ4n) is 1.60. The molecule has 2 N–H and O–H groups in total. The topological polar surface area (TPSA) is 93.3 Å². The lowest BCUT2D eigenvalue weighted by atomic mass is 10.2. The Morgan fingerprint density at radius 3 is 2.82 bits per heavy atom. The lowest BCUT2D eigenvalue weighted by Gasteiger charge is -2.06. The Balaban J connectivity index is 2.09. The van der Waals surface area contributed by atoms with Crippen LogP contribution in [0.3, 0.4) is 0 Å². The molecule has 22 heavy (non-hydrogen) atoms. The number of rotatable bonds is 5. The summed E-state index contributed by atoms with van der Waals surface area (Å²) in [5, 5.41) is 2.49. The number of pyridine rings is 1. The molecule has 9 heteroatoms. The molecule has 0 aliphatic carbocycles. The summed E-state index contributed by atoms with van der Waals surface area (Å²) in [6.07, 6.45) is 2.56. The second kappa shape index (κ2) is 6.66. The minimum absolute atomic E-state index is 0.0754. The number of hydrogen-bond donors (Lipinski definition) is 2. The molecule has 0 saturated carbocycles. The minimum atomic E-state index is -3.03. The summed E-state index contributed by atoms with van der Waals surface area (Å²) in [5.74, 6) is -1.53. The molecule has 0 aliphatic rings. The number of hydrogen-bond acceptors (Lipinski definition) is 5. The summed E-state index contributed by atoms with van der Waals surface area (Å²) in [6.45, 7) is -3.03. The second-order valence-corrected chi connectivity index (χ2v) is 4.01. The highest BCUT2D eigenvalue weighted by Crippen LogP contribution is 2.15. The summed E-state index contributed by atoms with van der Waals surface area (Å²) in [5.41, 5.74) is 0.555. The van der Waals surface area contributed by atoms with Crippen molar-refractivity contribution in [2.75, 3.05) is 12.4 Å². The van der Waals surface area contributed by atoms with Gasteiger partial charge in [-0.2, -0.15) is 8.78 Å². The van der Waals surface area contributed by atoms with Gasteiger partial charge in [-0.25, -0.2) is 9.78 Å². The van der Waals surface area contributed by atoms with E-state index in [2.05, 4.69) is 24.8 Å². The van der Waals surface area contributed by atoms with Crippen molar-refractivity contribution in [1.82, 2.24) is 9.97 Å². The Morgan fingerprint density at radius 2 is 2.14 bits per heavy atom. The predicted octanol–water partition coefficient (Wildman–Crippen LogP) is 2.05. The van der Waals surface area contributed by atoms with Gasteiger partial charge in [0.2, 0.25) is 5.88 Å². The Kier molecular flexibility index (Phi) is 4.66. The molecule has 116 valence electrons. The summed E-state index contributed by atoms with van der Waals surface area (Å²) in [7, 11) is 1.23. The smallest absolute Gasteiger partial charge is 0.388 e. The molecule has 0 aromatic carbocycles. The van der Waals surface area contributed by atoms with Crippen LogP contribution in [0.5, 0.6) is 5.88 Å². The van der Waals surface area contributed by atoms with E-state index in [9.17, 15) is 18.4 Å². The van der Waals surface area contributed by atoms with Crippen molar-refractivity contribution in [2.24, 2.45) is 0 Å². The molecular formula is C13H11F2N3O4. The van der Waals surface area contributed by atoms with Gasteiger partial charge < -0.3 is 19.8 Å². The van der Waals surface area contributed by atoms with Crippen LogP contribution in [0.2, 0.25) is 0 Å². The van der Waals surface area contributed by atoms with E-state index < -0.39 is 18.5 Å². The number of carbonyl (C=O) groups is 2. The van der Waals surface area contributed by atoms with Crippen LogP contribution in [-0.2, 0) is 4.74 Å². The van der Waals surface area contributed by atoms with Gasteiger partial charge in [0, 0.05) is 24.0 Å². The fraction of sp³-hybridized carbons (Fsp3) is 0.154. The Morgan fingerprint density at radius 1 is 1.36 bits per heavy atom. The molecule has 2 aromatic rings. The highest BCUT2D eigenvalue weighted by molar-refractivity contribution is 6.04. The summed E-state index contributed by atoms with van der Waals surface area (Å²) in [4.78, 5) is 29.4. The zero-order chi connectivity index (χ0) is 16.1. The molecule has 1 amide bonds. The predicted molar refractivity (Wildman–Crippen MR) is 71.0 cm³/mol. The molecule has 0 spiro atoms. The van der Waals surface area contributed by atoms with Crippen molar-refractivity contribution >= 4 is 17.6 Å². The number of aromatic amines is 1. The van der Waals surface area contributed by atoms with Crippen LogP contribution in [0.25, 0.3) is 0 Å². The highest BCUT2D eigenvalue weighted by atomic mass is 19.3. The van der Waals surface area contributed by atoms with Crippen molar-refractivity contribution in [2.45, 2.75) is 6.61 Å². The van der Waals surface area contributed by atoms with Crippen LogP contribution in [0, 0.1) is 0 Å². The zero-order valence-corrected chi connectivity index (χ0v) is 11.3. The van der Waals surface area contributed by atoms with Crippen LogP contribution >= 0.6 is 0 Å². The third-order valence-corrected chi connectivity index (χ3v) is 2.55. The van der Waals surface area contributed by atoms with Gasteiger partial charge in [-0.3, -0.25) is 4.79 Å². The number of alkyl halides is 2. The SMILES string of the molecule is COC(=O)c1cc(NC(=O)c2ccnc(OC(F)F)c2)c[nH]1. The third kappa shape index (κ3) is 3.78. The average Bonchev–Trinajstić information content (AvgIpc) is 2.94. The van der Waals surface area contributed by atoms with Crippen molar-refractivity contribution in [3.05, 3.63) is 41.9 Å². The number of H-pyrrole nitrogens is 1. The van der Waals surface area contributed by atoms with Gasteiger partial charge in [-0.05, 0) is 12.1 Å². The number of aromatic nitrogens is 2. The first-order valence-corrected chi connectivity index (χ1v) is 5.98. The molecule has 0 unspecified atom stereocenters. The van der Waals surface area contributed by atoms with E-state index in [-0.39, 0.29) is 17.1 Å². The number of methoxy groups -OCH3 is 1. The molecule has 7 nitrogen and oxygen atoms in total. The maximum atomic E-state index is 12.1. The number of amides is 1. The number of halogens is 2. The van der Waals surface area contributed by atoms with Crippen LogP contribution in [0.15, 0.2) is 30.6 Å². The first kappa shape index (κ1) is 15.4. The maximum absolute atomic E-state index is 12.1. The second-order valence-electron chi connectivity index (χ2n) is 4.01. The molecule has 0 radical (unpaired) electrons. The largest absolute Gasteiger partial charge is 0.464 e. The molecule has 2 heterocycles. The molecule has 0 fully saturated rings. The average molecular weight is 311 g/mol. The summed E-state index contributed by atoms with van der Waals surface area (Å²) < 4.78 is 32.8. The van der Waals surface area contributed by atoms with Gasteiger partial charge in [-0.15, -0.1) is 0 Å². The normalized spacial score (nSPS) is 10.4. The van der Waals surface area contributed by atoms with E-state index in [1.807, 2.05) is 0 Å². The molecular weight excluding hydrogens is 300 g/mol. The fourth-order valence-corrected chi connectivity index (χ4v) is 1.60. The monoisotopic (exact) mass is 311 g/mol. The van der Waals surface area contributed by atoms with Crippen LogP contribution in [0.4, 0.5) is 14.5 Å². The zero-order valence-electron chi connectivity index (χ0n) is 11.3. The lowest BCUT2D eigenvalue weighted by molar-refractivity contribution is -0.0528. The highest BCUT2D eigenvalue weighted by Gasteiger charge is 2.13. The van der Waals surface area contributed by atoms with Crippen molar-refractivity contribution in [3.63, 3.8) is 0 Å². The lowest BCUT2D eigenvalue weighted by Crippen LogP contribution is -2.12. The Bertz CT molecular complexity index is 687. The minimum Gasteiger partial charge on any atom is -0.464 e. The van der Waals surface area contributed by atoms with E-state index in [1.54, 1.807) is 0 Å². The van der Waals surface area contributed by atoms with Crippen LogP contribution in [0.1, 0.15) is 20.8 Å². The molecule has 2 rings (SSSR count). The van der Waals surface area contributed by atoms with E-state index in [0.29, 0.717) is 5.69 Å². The number of carbonyl (C=O) groups excluding carboxylic acids is 2. The molecule has 0 saturated heterocycles. The van der Waals surface area contributed by atoms with Gasteiger partial charge >= 0.3 is 12.6 Å². The third-order valence-electron chi connectivity index (χ3n) is 2.55. The van der Waals surface area contributed by atoms with Crippen molar-refractivity contribution in [1.29, 1.82) is 0 Å². The summed E-state index contributed by atoms with van der Waals surface area (Å²) in [6, 6.07) is 3.79. The Hall–Kier alpha value is -2.97. The van der Waals surface area contributed by atoms with E-state index >= 15 is 0 Å². The van der Waals surface area contributed by atoms with Gasteiger partial charge in [-0.1, -0.05) is 0 Å². The number of nitrogens with zero attached hydrogens (tertiary/aromatic N) is 1. The van der Waals surface area contributed by atoms with Crippen molar-refractivity contribution < 1.29 is 27.8 Å². The van der Waals surface area contributed by atoms with Crippen LogP contribution in [-0.4, -0.2) is 35.6 Å². The molecule has 0 aliphatic heterocycles. The van der Waals surface area contributed by atoms with E-state index in [1.165, 1.54) is 31.6 Å². The number of ether oxygens (including phenoxy) is 2. The number of anilines is 1. The molecule has 0 atom stereocenters. The van der Waals surface area contributed by atoms with Gasteiger partial charge in [0.25, 0.3) is 5.91 Å². The van der Waals surface area contributed by atoms with Gasteiger partial charge in [0.1, 0.15) is 5.69 Å². The van der Waals surface area contributed by atoms with Gasteiger partial charge in [0.15, 0.2) is 0 Å². The summed E-state index contributed by atoms with van der Waals surface area (Å²) >= 11 is 0. The van der Waals surface area contributed by atoms with Crippen LogP contribution < -0.4 is 10.1 Å². The number of esters is 1. The molecule has 0 bridgehead atoms. The standard InChI is InChI=1S/C13H11F2N3O4/c1-21-12(20)9-5-8(6-17-9)18-11(19)7-2-3-16-10(4-7)22-13(14)15/h2-6,13,17H,1H3,(H,18,19). The van der Waals surface area contributed by atoms with Crippen molar-refractivity contribution in [3.8, 4) is 5.88 Å².